The van der Waals surface area contributed by atoms with E-state index in [1.807, 2.05) is 55.4 Å². The second-order valence-corrected chi connectivity index (χ2v) is 9.36. The van der Waals surface area contributed by atoms with Gasteiger partial charge in [-0.25, -0.2) is 0 Å². The van der Waals surface area contributed by atoms with Gasteiger partial charge in [0.25, 0.3) is 11.8 Å². The second-order valence-electron chi connectivity index (χ2n) is 8.52. The Morgan fingerprint density at radius 1 is 0.912 bits per heavy atom. The Bertz CT molecular complexity index is 1510. The van der Waals surface area contributed by atoms with Crippen LogP contribution < -0.4 is 0 Å². The lowest BCUT2D eigenvalue weighted by atomic mass is 9.89. The predicted octanol–water partition coefficient (Wildman–Crippen LogP) is 6.21. The maximum atomic E-state index is 13.8. The molecule has 4 aromatic rings. The summed E-state index contributed by atoms with van der Waals surface area (Å²) in [7, 11) is 3.83. The van der Waals surface area contributed by atoms with Crippen LogP contribution in [0, 0.1) is 0 Å². The summed E-state index contributed by atoms with van der Waals surface area (Å²) in [4.78, 5) is 35.0. The first kappa shape index (κ1) is 22.5. The molecule has 1 aliphatic heterocycles. The first-order chi connectivity index (χ1) is 16.3. The normalized spacial score (nSPS) is 13.7. The topological polar surface area (TPSA) is 53.0 Å². The van der Waals surface area contributed by atoms with E-state index in [0.29, 0.717) is 50.9 Å². The molecule has 1 heterocycles. The zero-order valence-electron chi connectivity index (χ0n) is 18.7. The summed E-state index contributed by atoms with van der Waals surface area (Å²) < 4.78 is 0. The average Bonchev–Trinajstić information content (AvgIpc) is 2.80. The molecule has 5 rings (SSSR count). The molecule has 0 radical (unpaired) electrons. The molecule has 34 heavy (non-hydrogen) atoms. The predicted molar refractivity (Wildman–Crippen MR) is 139 cm³/mol. The molecule has 0 saturated carbocycles. The number of fused-ring (bicyclic) bond motifs is 2. The Balaban J connectivity index is 1.74. The fraction of sp³-hybridized carbons (Fsp3) is 0.148. The molecule has 0 unspecified atom stereocenters. The van der Waals surface area contributed by atoms with Gasteiger partial charge in [0.2, 0.25) is 0 Å². The van der Waals surface area contributed by atoms with Gasteiger partial charge in [0.05, 0.1) is 16.3 Å². The highest BCUT2D eigenvalue weighted by atomic mass is 35.5. The highest BCUT2D eigenvalue weighted by Crippen LogP contribution is 2.39. The molecule has 0 N–H and O–H groups in total. The lowest BCUT2D eigenvalue weighted by molar-refractivity contribution is 0.0602. The van der Waals surface area contributed by atoms with Gasteiger partial charge < -0.3 is 4.90 Å². The zero-order valence-corrected chi connectivity index (χ0v) is 20.2. The van der Waals surface area contributed by atoms with Crippen LogP contribution in [0.15, 0.2) is 65.7 Å². The van der Waals surface area contributed by atoms with Gasteiger partial charge in [-0.2, -0.15) is 0 Å². The summed E-state index contributed by atoms with van der Waals surface area (Å²) in [5, 5.41) is 4.17. The molecule has 7 heteroatoms. The van der Waals surface area contributed by atoms with Gasteiger partial charge in [-0.3, -0.25) is 19.5 Å². The average molecular weight is 490 g/mol. The molecule has 170 valence electrons. The minimum atomic E-state index is -0.298. The van der Waals surface area contributed by atoms with Crippen LogP contribution in [-0.2, 0) is 0 Å². The first-order valence-corrected chi connectivity index (χ1v) is 11.6. The summed E-state index contributed by atoms with van der Waals surface area (Å²) in [6.07, 6.45) is 1.67. The number of hydrogen-bond donors (Lipinski definition) is 0. The van der Waals surface area contributed by atoms with Gasteiger partial charge in [-0.1, -0.05) is 53.5 Å². The van der Waals surface area contributed by atoms with Crippen molar-refractivity contribution in [1.29, 1.82) is 0 Å². The van der Waals surface area contributed by atoms with E-state index in [2.05, 4.69) is 0 Å². The van der Waals surface area contributed by atoms with E-state index < -0.39 is 0 Å². The molecule has 4 aromatic carbocycles. The van der Waals surface area contributed by atoms with Gasteiger partial charge in [-0.05, 0) is 55.2 Å². The largest absolute Gasteiger partial charge is 0.308 e. The number of carbonyl (C=O) groups is 2. The van der Waals surface area contributed by atoms with Crippen LogP contribution in [0.1, 0.15) is 26.3 Å². The third-order valence-electron chi connectivity index (χ3n) is 5.99. The number of benzene rings is 4. The van der Waals surface area contributed by atoms with Crippen LogP contribution in [0.2, 0.25) is 10.0 Å². The van der Waals surface area contributed by atoms with Crippen LogP contribution in [0.4, 0.5) is 5.69 Å². The van der Waals surface area contributed by atoms with E-state index in [0.717, 1.165) is 16.2 Å². The molecule has 0 fully saturated rings. The van der Waals surface area contributed by atoms with Crippen molar-refractivity contribution in [1.82, 2.24) is 9.80 Å². The summed E-state index contributed by atoms with van der Waals surface area (Å²) in [5.74, 6) is -0.563. The molecular formula is C27H21Cl2N3O2. The first-order valence-electron chi connectivity index (χ1n) is 10.8. The molecule has 0 aliphatic carbocycles. The Kier molecular flexibility index (Phi) is 5.86. The van der Waals surface area contributed by atoms with Gasteiger partial charge in [-0.15, -0.1) is 0 Å². The number of hydrogen-bond acceptors (Lipinski definition) is 4. The molecule has 0 atom stereocenters. The maximum absolute atomic E-state index is 13.8. The molecular weight excluding hydrogens is 469 g/mol. The highest BCUT2D eigenvalue weighted by Gasteiger charge is 2.34. The van der Waals surface area contributed by atoms with Crippen molar-refractivity contribution in [2.24, 2.45) is 4.99 Å². The van der Waals surface area contributed by atoms with Crippen LogP contribution in [0.3, 0.4) is 0 Å². The zero-order chi connectivity index (χ0) is 24.0. The third kappa shape index (κ3) is 3.86. The quantitative estimate of drug-likeness (QED) is 0.190. The van der Waals surface area contributed by atoms with Gasteiger partial charge in [0.1, 0.15) is 0 Å². The maximum Gasteiger partial charge on any atom is 0.262 e. The van der Waals surface area contributed by atoms with E-state index in [4.69, 9.17) is 28.2 Å². The van der Waals surface area contributed by atoms with E-state index in [1.165, 1.54) is 4.90 Å². The SMILES string of the molecule is CN(C)CCN1C(=O)c2cccc3cc4cccc(N=Cc5ccc(Cl)cc5Cl)c4c(c23)C1=O. The Hall–Kier alpha value is -3.25. The Morgan fingerprint density at radius 2 is 1.65 bits per heavy atom. The fourth-order valence-corrected chi connectivity index (χ4v) is 4.79. The number of likely N-dealkylation sites (N-methyl/N-ethyl adjacent to an activating group) is 1. The number of halogens is 2. The summed E-state index contributed by atoms with van der Waals surface area (Å²) in [6.45, 7) is 0.885. The van der Waals surface area contributed by atoms with Crippen molar-refractivity contribution >= 4 is 68.5 Å². The van der Waals surface area contributed by atoms with E-state index in [-0.39, 0.29) is 11.8 Å². The number of aliphatic imine (C=N–C) groups is 1. The van der Waals surface area contributed by atoms with Gasteiger partial charge in [0.15, 0.2) is 0 Å². The van der Waals surface area contributed by atoms with E-state index >= 15 is 0 Å². The number of nitrogens with zero attached hydrogens (tertiary/aromatic N) is 3. The van der Waals surface area contributed by atoms with Crippen molar-refractivity contribution in [2.45, 2.75) is 0 Å². The number of carbonyl (C=O) groups excluding carboxylic acids is 2. The summed E-state index contributed by atoms with van der Waals surface area (Å²) in [6, 6.07) is 18.5. The summed E-state index contributed by atoms with van der Waals surface area (Å²) >= 11 is 12.3. The molecule has 0 aromatic heterocycles. The van der Waals surface area contributed by atoms with Crippen molar-refractivity contribution in [3.8, 4) is 0 Å². The Labute approximate surface area is 207 Å². The standard InChI is InChI=1S/C27H21Cl2N3O2/c1-31(2)11-12-32-26(33)20-7-3-5-16-13-17-6-4-8-22(24(17)25(23(16)20)27(32)34)30-15-18-9-10-19(28)14-21(18)29/h3-10,13-15H,11-12H2,1-2H3. The van der Waals surface area contributed by atoms with Crippen molar-refractivity contribution in [3.63, 3.8) is 0 Å². The minimum Gasteiger partial charge on any atom is -0.308 e. The molecule has 1 aliphatic rings. The van der Waals surface area contributed by atoms with Crippen LogP contribution in [0.25, 0.3) is 21.5 Å². The molecule has 0 saturated heterocycles. The highest BCUT2D eigenvalue weighted by molar-refractivity contribution is 6.36. The number of amides is 2. The lowest BCUT2D eigenvalue weighted by Crippen LogP contribution is -2.43. The molecule has 5 nitrogen and oxygen atoms in total. The van der Waals surface area contributed by atoms with E-state index in [1.54, 1.807) is 30.5 Å². The summed E-state index contributed by atoms with van der Waals surface area (Å²) in [5.41, 5.74) is 2.39. The van der Waals surface area contributed by atoms with Gasteiger partial charge >= 0.3 is 0 Å². The molecule has 0 bridgehead atoms. The minimum absolute atomic E-state index is 0.266. The lowest BCUT2D eigenvalue weighted by Gasteiger charge is -2.29. The van der Waals surface area contributed by atoms with Crippen LogP contribution in [0.5, 0.6) is 0 Å². The third-order valence-corrected chi connectivity index (χ3v) is 6.56. The smallest absolute Gasteiger partial charge is 0.262 e. The monoisotopic (exact) mass is 489 g/mol. The van der Waals surface area contributed by atoms with Crippen LogP contribution in [-0.4, -0.2) is 55.0 Å². The fourth-order valence-electron chi connectivity index (χ4n) is 4.33. The van der Waals surface area contributed by atoms with E-state index in [9.17, 15) is 9.59 Å². The van der Waals surface area contributed by atoms with Crippen molar-refractivity contribution in [3.05, 3.63) is 87.4 Å². The van der Waals surface area contributed by atoms with Crippen LogP contribution >= 0.6 is 23.2 Å². The number of rotatable bonds is 5. The second kappa shape index (κ2) is 8.84. The molecule has 0 spiro atoms. The number of imide groups is 1. The van der Waals surface area contributed by atoms with Crippen molar-refractivity contribution < 1.29 is 9.59 Å². The Morgan fingerprint density at radius 3 is 2.38 bits per heavy atom. The van der Waals surface area contributed by atoms with Gasteiger partial charge in [0, 0.05) is 46.2 Å². The van der Waals surface area contributed by atoms with Crippen molar-refractivity contribution in [2.75, 3.05) is 27.2 Å². The molecule has 2 amide bonds.